The quantitative estimate of drug-likeness (QED) is 0.462. The molecule has 0 heterocycles. The highest BCUT2D eigenvalue weighted by molar-refractivity contribution is 4.84. The zero-order chi connectivity index (χ0) is 10.4. The van der Waals surface area contributed by atoms with Crippen molar-refractivity contribution in [2.24, 2.45) is 0 Å². The number of hydrogen-bond acceptors (Lipinski definition) is 4. The molecule has 76 valence electrons. The molecule has 0 aromatic rings. The summed E-state index contributed by atoms with van der Waals surface area (Å²) in [6, 6.07) is 0. The molecule has 0 radical (unpaired) electrons. The predicted molar refractivity (Wildman–Crippen MR) is 46.8 cm³/mol. The molecule has 0 amide bonds. The molecule has 0 aliphatic carbocycles. The van der Waals surface area contributed by atoms with Crippen molar-refractivity contribution in [2.75, 3.05) is 13.2 Å². The van der Waals surface area contributed by atoms with Crippen molar-refractivity contribution in [3.63, 3.8) is 0 Å². The van der Waals surface area contributed by atoms with Gasteiger partial charge in [-0.3, -0.25) is 0 Å². The van der Waals surface area contributed by atoms with Crippen LogP contribution in [0.5, 0.6) is 0 Å². The zero-order valence-corrected chi connectivity index (χ0v) is 8.20. The van der Waals surface area contributed by atoms with E-state index < -0.39 is 11.2 Å². The molecule has 0 aromatic heterocycles. The molecule has 0 rings (SSSR count). The van der Waals surface area contributed by atoms with Gasteiger partial charge in [0.2, 0.25) is 0 Å². The maximum Gasteiger partial charge on any atom is 0.0872 e. The largest absolute Gasteiger partial charge is 0.394 e. The van der Waals surface area contributed by atoms with Crippen LogP contribution in [0.4, 0.5) is 0 Å². The summed E-state index contributed by atoms with van der Waals surface area (Å²) in [6.07, 6.45) is 0. The van der Waals surface area contributed by atoms with Gasteiger partial charge in [-0.15, -0.1) is 0 Å². The summed E-state index contributed by atoms with van der Waals surface area (Å²) in [5.41, 5.74) is -2.01. The molecule has 0 atom stereocenters. The molecule has 0 aliphatic heterocycles. The van der Waals surface area contributed by atoms with E-state index in [0.29, 0.717) is 0 Å². The van der Waals surface area contributed by atoms with Gasteiger partial charge in [0.25, 0.3) is 0 Å². The van der Waals surface area contributed by atoms with Gasteiger partial charge >= 0.3 is 0 Å². The first-order valence-electron chi connectivity index (χ1n) is 3.83. The van der Waals surface area contributed by atoms with Crippen LogP contribution in [-0.4, -0.2) is 44.8 Å². The first-order valence-corrected chi connectivity index (χ1v) is 3.83. The van der Waals surface area contributed by atoms with E-state index >= 15 is 0 Å². The lowest BCUT2D eigenvalue weighted by Gasteiger charge is -2.31. The average Bonchev–Trinajstić information content (AvgIpc) is 1.84. The Morgan fingerprint density at radius 1 is 0.750 bits per heavy atom. The van der Waals surface area contributed by atoms with Gasteiger partial charge < -0.3 is 20.4 Å². The van der Waals surface area contributed by atoms with E-state index in [2.05, 4.69) is 0 Å². The third-order valence-electron chi connectivity index (χ3n) is 1.60. The minimum atomic E-state index is -1.01. The van der Waals surface area contributed by atoms with Crippen LogP contribution >= 0.6 is 0 Å². The minimum Gasteiger partial charge on any atom is -0.394 e. The summed E-state index contributed by atoms with van der Waals surface area (Å²) in [4.78, 5) is 0. The van der Waals surface area contributed by atoms with Crippen molar-refractivity contribution in [3.8, 4) is 0 Å². The van der Waals surface area contributed by atoms with Crippen molar-refractivity contribution in [2.45, 2.75) is 38.9 Å². The third kappa shape index (κ3) is 7.94. The molecule has 0 unspecified atom stereocenters. The first-order chi connectivity index (χ1) is 5.16. The summed E-state index contributed by atoms with van der Waals surface area (Å²) in [5.74, 6) is 0. The number of hydrogen-bond donors (Lipinski definition) is 4. The maximum atomic E-state index is 9.10. The number of aliphatic hydroxyl groups is 4. The lowest BCUT2D eigenvalue weighted by molar-refractivity contribution is -0.107. The molecular formula is C8H20O4. The fourth-order valence-corrected chi connectivity index (χ4v) is 0. The van der Waals surface area contributed by atoms with Crippen LogP contribution in [0, 0.1) is 0 Å². The van der Waals surface area contributed by atoms with Gasteiger partial charge in [0.15, 0.2) is 0 Å². The molecule has 4 N–H and O–H groups in total. The molecule has 0 aliphatic rings. The molecular weight excluding hydrogens is 160 g/mol. The Bertz CT molecular complexity index is 84.6. The highest BCUT2D eigenvalue weighted by atomic mass is 16.3. The molecule has 0 saturated carbocycles. The highest BCUT2D eigenvalue weighted by Gasteiger charge is 2.31. The number of aliphatic hydroxyl groups excluding tert-OH is 2. The first kappa shape index (κ1) is 14.4. The Hall–Kier alpha value is -0.160. The maximum absolute atomic E-state index is 9.10. The minimum absolute atomic E-state index is 0.125. The van der Waals surface area contributed by atoms with Gasteiger partial charge in [0.05, 0.1) is 24.4 Å². The molecule has 4 nitrogen and oxygen atoms in total. The molecule has 12 heavy (non-hydrogen) atoms. The van der Waals surface area contributed by atoms with E-state index in [1.807, 2.05) is 0 Å². The molecule has 0 bridgehead atoms. The van der Waals surface area contributed by atoms with Gasteiger partial charge in [-0.1, -0.05) is 0 Å². The van der Waals surface area contributed by atoms with Crippen LogP contribution in [-0.2, 0) is 0 Å². The Balaban J connectivity index is 0. The Morgan fingerprint density at radius 3 is 0.917 bits per heavy atom. The highest BCUT2D eigenvalue weighted by Crippen LogP contribution is 2.19. The summed E-state index contributed by atoms with van der Waals surface area (Å²) in [7, 11) is 0. The van der Waals surface area contributed by atoms with Crippen molar-refractivity contribution in [1.82, 2.24) is 0 Å². The van der Waals surface area contributed by atoms with Crippen LogP contribution in [0.1, 0.15) is 27.7 Å². The topological polar surface area (TPSA) is 80.9 Å². The van der Waals surface area contributed by atoms with E-state index in [-0.39, 0.29) is 13.2 Å². The van der Waals surface area contributed by atoms with Gasteiger partial charge in [-0.05, 0) is 27.7 Å². The van der Waals surface area contributed by atoms with Crippen LogP contribution in [0.15, 0.2) is 0 Å². The SMILES string of the molecule is CC(C)(O)C(C)(C)O.OCCO. The second-order valence-electron chi connectivity index (χ2n) is 3.57. The second-order valence-corrected chi connectivity index (χ2v) is 3.57. The van der Waals surface area contributed by atoms with Crippen molar-refractivity contribution in [3.05, 3.63) is 0 Å². The van der Waals surface area contributed by atoms with Gasteiger partial charge in [0.1, 0.15) is 0 Å². The summed E-state index contributed by atoms with van der Waals surface area (Å²) in [6.45, 7) is 6.06. The van der Waals surface area contributed by atoms with E-state index in [0.717, 1.165) is 0 Å². The Morgan fingerprint density at radius 2 is 0.917 bits per heavy atom. The van der Waals surface area contributed by atoms with Crippen LogP contribution < -0.4 is 0 Å². The summed E-state index contributed by atoms with van der Waals surface area (Å²) in [5, 5.41) is 33.5. The zero-order valence-electron chi connectivity index (χ0n) is 8.20. The fraction of sp³-hybridized carbons (Fsp3) is 1.00. The van der Waals surface area contributed by atoms with Gasteiger partial charge in [0, 0.05) is 0 Å². The third-order valence-corrected chi connectivity index (χ3v) is 1.60. The van der Waals surface area contributed by atoms with Crippen molar-refractivity contribution in [1.29, 1.82) is 0 Å². The Kier molecular flexibility index (Phi) is 6.56. The predicted octanol–water partition coefficient (Wildman–Crippen LogP) is -0.501. The standard InChI is InChI=1S/C6H14O2.C2H6O2/c1-5(2,7)6(3,4)8;3-1-2-4/h7-8H,1-4H3;3-4H,1-2H2. The molecule has 0 saturated heterocycles. The second kappa shape index (κ2) is 5.48. The normalized spacial score (nSPS) is 12.0. The lowest BCUT2D eigenvalue weighted by Crippen LogP contribution is -2.44. The molecule has 4 heteroatoms. The van der Waals surface area contributed by atoms with Crippen LogP contribution in [0.25, 0.3) is 0 Å². The van der Waals surface area contributed by atoms with Crippen LogP contribution in [0.3, 0.4) is 0 Å². The lowest BCUT2D eigenvalue weighted by atomic mass is 9.90. The Labute approximate surface area is 73.5 Å². The van der Waals surface area contributed by atoms with E-state index in [4.69, 9.17) is 20.4 Å². The van der Waals surface area contributed by atoms with E-state index in [1.54, 1.807) is 27.7 Å². The number of rotatable bonds is 2. The van der Waals surface area contributed by atoms with Gasteiger partial charge in [-0.25, -0.2) is 0 Å². The molecule has 0 spiro atoms. The average molecular weight is 180 g/mol. The van der Waals surface area contributed by atoms with Crippen molar-refractivity contribution >= 4 is 0 Å². The van der Waals surface area contributed by atoms with Crippen LogP contribution in [0.2, 0.25) is 0 Å². The fourth-order valence-electron chi connectivity index (χ4n) is 0. The summed E-state index contributed by atoms with van der Waals surface area (Å²) < 4.78 is 0. The van der Waals surface area contributed by atoms with Gasteiger partial charge in [-0.2, -0.15) is 0 Å². The molecule has 0 fully saturated rings. The molecule has 0 aromatic carbocycles. The van der Waals surface area contributed by atoms with Crippen molar-refractivity contribution < 1.29 is 20.4 Å². The monoisotopic (exact) mass is 180 g/mol. The van der Waals surface area contributed by atoms with E-state index in [1.165, 1.54) is 0 Å². The summed E-state index contributed by atoms with van der Waals surface area (Å²) >= 11 is 0. The smallest absolute Gasteiger partial charge is 0.0872 e. The van der Waals surface area contributed by atoms with E-state index in [9.17, 15) is 0 Å².